The minimum Gasteiger partial charge on any atom is -0.326 e. The Balaban J connectivity index is 1.39. The average Bonchev–Trinajstić information content (AvgIpc) is 2.93. The molecule has 1 atom stereocenters. The van der Waals surface area contributed by atoms with Gasteiger partial charge in [0.25, 0.3) is 0 Å². The number of amides is 2. The van der Waals surface area contributed by atoms with Crippen LogP contribution in [0.5, 0.6) is 0 Å². The van der Waals surface area contributed by atoms with Crippen molar-refractivity contribution in [2.24, 2.45) is 13.0 Å². The third-order valence-corrected chi connectivity index (χ3v) is 4.98. The molecule has 0 saturated heterocycles. The summed E-state index contributed by atoms with van der Waals surface area (Å²) in [5.74, 6) is -0.327. The molecule has 0 radical (unpaired) electrons. The molecule has 1 aromatic carbocycles. The molecule has 3 aromatic rings. The predicted molar refractivity (Wildman–Crippen MR) is 103 cm³/mol. The number of anilines is 2. The van der Waals surface area contributed by atoms with Gasteiger partial charge in [0.2, 0.25) is 11.8 Å². The van der Waals surface area contributed by atoms with E-state index >= 15 is 0 Å². The number of aryl methyl sites for hydroxylation is 2. The van der Waals surface area contributed by atoms with Gasteiger partial charge in [-0.25, -0.2) is 4.98 Å². The smallest absolute Gasteiger partial charge is 0.227 e. The molecular formula is C20H21N5O2. The summed E-state index contributed by atoms with van der Waals surface area (Å²) in [4.78, 5) is 29.0. The maximum absolute atomic E-state index is 12.3. The second-order valence-electron chi connectivity index (χ2n) is 6.94. The van der Waals surface area contributed by atoms with Crippen LogP contribution in [0.2, 0.25) is 0 Å². The van der Waals surface area contributed by atoms with Gasteiger partial charge in [0.05, 0.1) is 17.6 Å². The van der Waals surface area contributed by atoms with Crippen LogP contribution in [-0.2, 0) is 23.1 Å². The largest absolute Gasteiger partial charge is 0.326 e. The number of rotatable bonds is 4. The second kappa shape index (κ2) is 6.83. The highest BCUT2D eigenvalue weighted by Gasteiger charge is 2.26. The first-order valence-electron chi connectivity index (χ1n) is 8.99. The number of carbonyl (C=O) groups excluding carboxylic acids is 2. The molecule has 2 aromatic heterocycles. The molecule has 0 fully saturated rings. The Labute approximate surface area is 156 Å². The third kappa shape index (κ3) is 3.40. The molecule has 7 nitrogen and oxygen atoms in total. The number of hydrogen-bond donors (Lipinski definition) is 2. The zero-order valence-electron chi connectivity index (χ0n) is 15.3. The topological polar surface area (TPSA) is 88.9 Å². The van der Waals surface area contributed by atoms with Gasteiger partial charge in [-0.2, -0.15) is 5.10 Å². The highest BCUT2D eigenvalue weighted by Crippen LogP contribution is 2.27. The number of hydrogen-bond acceptors (Lipinski definition) is 4. The summed E-state index contributed by atoms with van der Waals surface area (Å²) < 4.78 is 1.72. The molecule has 0 saturated carbocycles. The van der Waals surface area contributed by atoms with E-state index < -0.39 is 0 Å². The normalized spacial score (nSPS) is 16.1. The predicted octanol–water partition coefficient (Wildman–Crippen LogP) is 2.81. The van der Waals surface area contributed by atoms with Crippen molar-refractivity contribution in [2.75, 3.05) is 10.6 Å². The summed E-state index contributed by atoms with van der Waals surface area (Å²) in [5, 5.41) is 11.0. The number of nitrogens with zero attached hydrogens (tertiary/aromatic N) is 3. The van der Waals surface area contributed by atoms with Gasteiger partial charge in [-0.15, -0.1) is 0 Å². The van der Waals surface area contributed by atoms with Gasteiger partial charge in [0.15, 0.2) is 5.65 Å². The third-order valence-electron chi connectivity index (χ3n) is 4.98. The Hall–Kier alpha value is -3.22. The maximum atomic E-state index is 12.3. The van der Waals surface area contributed by atoms with E-state index in [9.17, 15) is 9.59 Å². The monoisotopic (exact) mass is 363 g/mol. The number of nitrogens with one attached hydrogen (secondary N) is 2. The SMILES string of the molecule is Cc1nn(C)c2ncc(NC(=O)CCC3Cc4ccccc4NC3=O)cc12. The molecule has 2 N–H and O–H groups in total. The van der Waals surface area contributed by atoms with Crippen molar-refractivity contribution >= 4 is 34.2 Å². The summed E-state index contributed by atoms with van der Waals surface area (Å²) in [6, 6.07) is 9.66. The van der Waals surface area contributed by atoms with E-state index in [0.717, 1.165) is 28.0 Å². The van der Waals surface area contributed by atoms with Crippen molar-refractivity contribution in [1.29, 1.82) is 0 Å². The van der Waals surface area contributed by atoms with Crippen molar-refractivity contribution in [1.82, 2.24) is 14.8 Å². The fraction of sp³-hybridized carbons (Fsp3) is 0.300. The highest BCUT2D eigenvalue weighted by molar-refractivity contribution is 5.97. The zero-order valence-corrected chi connectivity index (χ0v) is 15.3. The van der Waals surface area contributed by atoms with Crippen LogP contribution in [-0.4, -0.2) is 26.6 Å². The molecule has 0 bridgehead atoms. The van der Waals surface area contributed by atoms with E-state index in [1.807, 2.05) is 44.3 Å². The average molecular weight is 363 g/mol. The van der Waals surface area contributed by atoms with Crippen LogP contribution in [0.1, 0.15) is 24.1 Å². The Morgan fingerprint density at radius 3 is 3.04 bits per heavy atom. The lowest BCUT2D eigenvalue weighted by Gasteiger charge is -2.24. The Morgan fingerprint density at radius 1 is 1.37 bits per heavy atom. The van der Waals surface area contributed by atoms with E-state index in [0.29, 0.717) is 18.5 Å². The second-order valence-corrected chi connectivity index (χ2v) is 6.94. The fourth-order valence-electron chi connectivity index (χ4n) is 3.55. The Bertz CT molecular complexity index is 1040. The molecule has 3 heterocycles. The number of carbonyl (C=O) groups is 2. The molecule has 4 rings (SSSR count). The summed E-state index contributed by atoms with van der Waals surface area (Å²) in [6.45, 7) is 1.91. The lowest BCUT2D eigenvalue weighted by Crippen LogP contribution is -2.30. The number of para-hydroxylation sites is 1. The molecule has 0 aliphatic carbocycles. The minimum absolute atomic E-state index is 0.0180. The first-order chi connectivity index (χ1) is 13.0. The molecule has 1 unspecified atom stereocenters. The van der Waals surface area contributed by atoms with E-state index in [4.69, 9.17) is 0 Å². The molecule has 1 aliphatic heterocycles. The zero-order chi connectivity index (χ0) is 19.0. The van der Waals surface area contributed by atoms with Crippen molar-refractivity contribution in [2.45, 2.75) is 26.2 Å². The van der Waals surface area contributed by atoms with Gasteiger partial charge in [-0.05, 0) is 37.5 Å². The summed E-state index contributed by atoms with van der Waals surface area (Å²) in [5.41, 5.74) is 4.28. The Kier molecular flexibility index (Phi) is 4.35. The molecule has 2 amide bonds. The van der Waals surface area contributed by atoms with Crippen LogP contribution in [0, 0.1) is 12.8 Å². The van der Waals surface area contributed by atoms with Gasteiger partial charge in [0.1, 0.15) is 0 Å². The molecular weight excluding hydrogens is 342 g/mol. The summed E-state index contributed by atoms with van der Waals surface area (Å²) >= 11 is 0. The first kappa shape index (κ1) is 17.2. The summed E-state index contributed by atoms with van der Waals surface area (Å²) in [6.07, 6.45) is 3.08. The van der Waals surface area contributed by atoms with Crippen LogP contribution in [0.4, 0.5) is 11.4 Å². The van der Waals surface area contributed by atoms with E-state index in [-0.39, 0.29) is 24.2 Å². The van der Waals surface area contributed by atoms with Crippen molar-refractivity contribution in [3.8, 4) is 0 Å². The molecule has 0 spiro atoms. The molecule has 138 valence electrons. The number of aromatic nitrogens is 3. The van der Waals surface area contributed by atoms with Gasteiger partial charge in [-0.1, -0.05) is 18.2 Å². The van der Waals surface area contributed by atoms with Crippen LogP contribution < -0.4 is 10.6 Å². The van der Waals surface area contributed by atoms with Gasteiger partial charge < -0.3 is 10.6 Å². The highest BCUT2D eigenvalue weighted by atomic mass is 16.2. The van der Waals surface area contributed by atoms with Crippen molar-refractivity contribution in [3.05, 3.63) is 47.8 Å². The quantitative estimate of drug-likeness (QED) is 0.746. The van der Waals surface area contributed by atoms with Gasteiger partial charge in [-0.3, -0.25) is 14.3 Å². The molecule has 1 aliphatic rings. The number of fused-ring (bicyclic) bond motifs is 2. The number of pyridine rings is 1. The van der Waals surface area contributed by atoms with Crippen molar-refractivity contribution in [3.63, 3.8) is 0 Å². The van der Waals surface area contributed by atoms with Crippen LogP contribution >= 0.6 is 0 Å². The first-order valence-corrected chi connectivity index (χ1v) is 8.99. The van der Waals surface area contributed by atoms with Crippen LogP contribution in [0.15, 0.2) is 36.5 Å². The molecule has 27 heavy (non-hydrogen) atoms. The standard InChI is InChI=1S/C20H21N5O2/c1-12-16-10-15(11-21-19(16)25(2)24-12)22-18(26)8-7-14-9-13-5-3-4-6-17(13)23-20(14)27/h3-6,10-11,14H,7-9H2,1-2H3,(H,22,26)(H,23,27). The maximum Gasteiger partial charge on any atom is 0.227 e. The number of benzene rings is 1. The van der Waals surface area contributed by atoms with E-state index in [2.05, 4.69) is 20.7 Å². The van der Waals surface area contributed by atoms with E-state index in [1.165, 1.54) is 0 Å². The minimum atomic E-state index is -0.188. The van der Waals surface area contributed by atoms with Crippen LogP contribution in [0.3, 0.4) is 0 Å². The van der Waals surface area contributed by atoms with Crippen molar-refractivity contribution < 1.29 is 9.59 Å². The lowest BCUT2D eigenvalue weighted by atomic mass is 9.89. The summed E-state index contributed by atoms with van der Waals surface area (Å²) in [7, 11) is 1.84. The fourth-order valence-corrected chi connectivity index (χ4v) is 3.55. The van der Waals surface area contributed by atoms with Crippen LogP contribution in [0.25, 0.3) is 11.0 Å². The molecule has 7 heteroatoms. The van der Waals surface area contributed by atoms with Gasteiger partial charge in [0, 0.05) is 30.5 Å². The Morgan fingerprint density at radius 2 is 2.19 bits per heavy atom. The lowest BCUT2D eigenvalue weighted by molar-refractivity contribution is -0.121. The van der Waals surface area contributed by atoms with Gasteiger partial charge >= 0.3 is 0 Å². The van der Waals surface area contributed by atoms with E-state index in [1.54, 1.807) is 10.9 Å².